The minimum atomic E-state index is -0.988. The number of carbonyl (C=O) groups is 1. The smallest absolute Gasteiger partial charge is 0.329 e. The van der Waals surface area contributed by atoms with Gasteiger partial charge in [0.1, 0.15) is 0 Å². The Hall–Kier alpha value is -1.78. The zero-order valence-corrected chi connectivity index (χ0v) is 6.56. The highest BCUT2D eigenvalue weighted by molar-refractivity contribution is 5.80. The first-order valence-electron chi connectivity index (χ1n) is 3.34. The van der Waals surface area contributed by atoms with Gasteiger partial charge in [0.2, 0.25) is 0 Å². The first-order chi connectivity index (χ1) is 5.68. The van der Waals surface area contributed by atoms with Crippen LogP contribution in [0, 0.1) is 0 Å². The number of rotatable bonds is 3. The molecule has 1 aromatic rings. The second-order valence-corrected chi connectivity index (χ2v) is 2.19. The van der Waals surface area contributed by atoms with Gasteiger partial charge in [0.15, 0.2) is 5.82 Å². The molecule has 0 radical (unpaired) electrons. The summed E-state index contributed by atoms with van der Waals surface area (Å²) in [6.45, 7) is 0. The van der Waals surface area contributed by atoms with Crippen LogP contribution in [0.15, 0.2) is 24.5 Å². The van der Waals surface area contributed by atoms with Crippen LogP contribution < -0.4 is 5.32 Å². The maximum Gasteiger partial charge on any atom is 0.329 e. The summed E-state index contributed by atoms with van der Waals surface area (Å²) in [5.41, 5.74) is 0. The van der Waals surface area contributed by atoms with Gasteiger partial charge < -0.3 is 10.4 Å². The number of aromatic nitrogens is 2. The molecule has 5 nitrogen and oxygen atoms in total. The van der Waals surface area contributed by atoms with Crippen molar-refractivity contribution in [1.82, 2.24) is 9.78 Å². The lowest BCUT2D eigenvalue weighted by Gasteiger charge is -1.91. The lowest BCUT2D eigenvalue weighted by atomic mass is 10.6. The van der Waals surface area contributed by atoms with Crippen LogP contribution in [0.25, 0.3) is 0 Å². The minimum Gasteiger partial charge on any atom is -0.478 e. The van der Waals surface area contributed by atoms with Gasteiger partial charge in [0.05, 0.1) is 0 Å². The van der Waals surface area contributed by atoms with Gasteiger partial charge in [-0.15, -0.1) is 0 Å². The third-order valence-electron chi connectivity index (χ3n) is 1.17. The summed E-state index contributed by atoms with van der Waals surface area (Å²) in [5, 5.41) is 14.9. The molecule has 0 aliphatic rings. The van der Waals surface area contributed by atoms with Gasteiger partial charge in [0, 0.05) is 31.6 Å². The van der Waals surface area contributed by atoms with E-state index in [4.69, 9.17) is 5.11 Å². The molecule has 12 heavy (non-hydrogen) atoms. The van der Waals surface area contributed by atoms with Crippen LogP contribution in [0.5, 0.6) is 0 Å². The van der Waals surface area contributed by atoms with E-state index in [1.54, 1.807) is 24.0 Å². The molecular weight excluding hydrogens is 158 g/mol. The number of carboxylic acid groups (broad SMARTS) is 1. The molecule has 1 aromatic heterocycles. The van der Waals surface area contributed by atoms with E-state index < -0.39 is 5.97 Å². The number of hydrogen-bond donors (Lipinski definition) is 2. The maximum absolute atomic E-state index is 10.0. The average Bonchev–Trinajstić information content (AvgIpc) is 2.35. The fraction of sp³-hybridized carbons (Fsp3) is 0.143. The minimum absolute atomic E-state index is 0.620. The van der Waals surface area contributed by atoms with Crippen molar-refractivity contribution in [2.45, 2.75) is 0 Å². The molecule has 5 heteroatoms. The largest absolute Gasteiger partial charge is 0.478 e. The zero-order chi connectivity index (χ0) is 8.97. The summed E-state index contributed by atoms with van der Waals surface area (Å²) >= 11 is 0. The number of aryl methyl sites for hydroxylation is 1. The fourth-order valence-corrected chi connectivity index (χ4v) is 0.690. The molecule has 0 fully saturated rings. The second kappa shape index (κ2) is 3.56. The van der Waals surface area contributed by atoms with Crippen LogP contribution in [0.3, 0.4) is 0 Å². The molecule has 0 saturated heterocycles. The van der Waals surface area contributed by atoms with Gasteiger partial charge in [-0.2, -0.15) is 5.10 Å². The summed E-state index contributed by atoms with van der Waals surface area (Å²) < 4.78 is 1.62. The first kappa shape index (κ1) is 8.32. The Morgan fingerprint density at radius 3 is 3.08 bits per heavy atom. The Morgan fingerprint density at radius 2 is 2.58 bits per heavy atom. The standard InChI is InChI=1S/C7H9N3O2/c1-10-5-3-6(9-10)8-4-2-7(11)12/h2-5H,1H3,(H,8,9)(H,11,12)/b4-2+. The van der Waals surface area contributed by atoms with Crippen molar-refractivity contribution in [3.05, 3.63) is 24.5 Å². The highest BCUT2D eigenvalue weighted by atomic mass is 16.4. The Balaban J connectivity index is 2.48. The molecule has 1 heterocycles. The van der Waals surface area contributed by atoms with E-state index in [0.29, 0.717) is 5.82 Å². The Bertz CT molecular complexity index is 303. The van der Waals surface area contributed by atoms with Crippen molar-refractivity contribution in [3.8, 4) is 0 Å². The van der Waals surface area contributed by atoms with Gasteiger partial charge in [-0.3, -0.25) is 4.68 Å². The fourth-order valence-electron chi connectivity index (χ4n) is 0.690. The van der Waals surface area contributed by atoms with Crippen molar-refractivity contribution >= 4 is 11.8 Å². The molecule has 0 aliphatic heterocycles. The molecule has 2 N–H and O–H groups in total. The van der Waals surface area contributed by atoms with E-state index in [-0.39, 0.29) is 0 Å². The van der Waals surface area contributed by atoms with Gasteiger partial charge in [0.25, 0.3) is 0 Å². The molecule has 0 saturated carbocycles. The summed E-state index contributed by atoms with van der Waals surface area (Å²) in [6.07, 6.45) is 4.09. The van der Waals surface area contributed by atoms with Gasteiger partial charge in [-0.05, 0) is 0 Å². The molecular formula is C7H9N3O2. The Morgan fingerprint density at radius 1 is 1.83 bits per heavy atom. The average molecular weight is 167 g/mol. The molecule has 0 atom stereocenters. The normalized spacial score (nSPS) is 10.4. The summed E-state index contributed by atoms with van der Waals surface area (Å²) in [6, 6.07) is 1.74. The third-order valence-corrected chi connectivity index (χ3v) is 1.17. The maximum atomic E-state index is 10.0. The van der Waals surface area contributed by atoms with Crippen LogP contribution >= 0.6 is 0 Å². The molecule has 64 valence electrons. The van der Waals surface area contributed by atoms with Crippen molar-refractivity contribution in [1.29, 1.82) is 0 Å². The number of nitrogens with zero attached hydrogens (tertiary/aromatic N) is 2. The zero-order valence-electron chi connectivity index (χ0n) is 6.56. The van der Waals surface area contributed by atoms with Crippen molar-refractivity contribution in [2.24, 2.45) is 7.05 Å². The topological polar surface area (TPSA) is 67.2 Å². The molecule has 0 aliphatic carbocycles. The molecule has 1 rings (SSSR count). The predicted molar refractivity (Wildman–Crippen MR) is 43.6 cm³/mol. The van der Waals surface area contributed by atoms with Gasteiger partial charge in [-0.1, -0.05) is 0 Å². The van der Waals surface area contributed by atoms with Crippen LogP contribution in [0.1, 0.15) is 0 Å². The van der Waals surface area contributed by atoms with Gasteiger partial charge >= 0.3 is 5.97 Å². The number of nitrogens with one attached hydrogen (secondary N) is 1. The van der Waals surface area contributed by atoms with E-state index in [1.165, 1.54) is 6.20 Å². The van der Waals surface area contributed by atoms with Crippen LogP contribution in [-0.4, -0.2) is 20.9 Å². The first-order valence-corrected chi connectivity index (χ1v) is 3.34. The van der Waals surface area contributed by atoms with Crippen molar-refractivity contribution in [3.63, 3.8) is 0 Å². The monoisotopic (exact) mass is 167 g/mol. The SMILES string of the molecule is Cn1ccc(N/C=C/C(=O)O)n1. The van der Waals surface area contributed by atoms with Crippen molar-refractivity contribution < 1.29 is 9.90 Å². The van der Waals surface area contributed by atoms with Gasteiger partial charge in [-0.25, -0.2) is 4.79 Å². The van der Waals surface area contributed by atoms with E-state index >= 15 is 0 Å². The number of carboxylic acids is 1. The molecule has 0 unspecified atom stereocenters. The second-order valence-electron chi connectivity index (χ2n) is 2.19. The summed E-state index contributed by atoms with van der Waals surface area (Å²) in [4.78, 5) is 10.0. The highest BCUT2D eigenvalue weighted by Crippen LogP contribution is 1.99. The van der Waals surface area contributed by atoms with E-state index in [2.05, 4.69) is 10.4 Å². The lowest BCUT2D eigenvalue weighted by molar-refractivity contribution is -0.131. The van der Waals surface area contributed by atoms with Crippen LogP contribution in [0.2, 0.25) is 0 Å². The third kappa shape index (κ3) is 2.45. The molecule has 0 spiro atoms. The van der Waals surface area contributed by atoms with Crippen LogP contribution in [-0.2, 0) is 11.8 Å². The predicted octanol–water partition coefficient (Wildman–Crippen LogP) is 0.430. The number of anilines is 1. The molecule has 0 bridgehead atoms. The number of aliphatic carboxylic acids is 1. The summed E-state index contributed by atoms with van der Waals surface area (Å²) in [5.74, 6) is -0.367. The van der Waals surface area contributed by atoms with E-state index in [1.807, 2.05) is 0 Å². The quantitative estimate of drug-likeness (QED) is 0.640. The lowest BCUT2D eigenvalue weighted by Crippen LogP contribution is -1.94. The van der Waals surface area contributed by atoms with Crippen molar-refractivity contribution in [2.75, 3.05) is 5.32 Å². The van der Waals surface area contributed by atoms with E-state index in [0.717, 1.165) is 6.08 Å². The molecule has 0 aromatic carbocycles. The highest BCUT2D eigenvalue weighted by Gasteiger charge is 1.91. The molecule has 0 amide bonds. The number of hydrogen-bond acceptors (Lipinski definition) is 3. The Kier molecular flexibility index (Phi) is 2.47. The van der Waals surface area contributed by atoms with Crippen LogP contribution in [0.4, 0.5) is 5.82 Å². The van der Waals surface area contributed by atoms with E-state index in [9.17, 15) is 4.79 Å². The summed E-state index contributed by atoms with van der Waals surface area (Å²) in [7, 11) is 1.78. The Labute approximate surface area is 69.3 Å².